The molecule has 0 bridgehead atoms. The summed E-state index contributed by atoms with van der Waals surface area (Å²) in [4.78, 5) is 11.8. The molecule has 2 nitrogen and oxygen atoms in total. The summed E-state index contributed by atoms with van der Waals surface area (Å²) in [5, 5.41) is 0. The molecule has 0 saturated heterocycles. The normalized spacial score (nSPS) is 23.0. The lowest BCUT2D eigenvalue weighted by Gasteiger charge is -2.25. The fraction of sp³-hybridized carbons (Fsp3) is 0.929. The van der Waals surface area contributed by atoms with E-state index < -0.39 is 0 Å². The van der Waals surface area contributed by atoms with Crippen LogP contribution in [0.15, 0.2) is 0 Å². The highest BCUT2D eigenvalue weighted by Gasteiger charge is 2.21. The standard InChI is InChI=1S/C14H24O2/c15-14(13-7-2-1-3-8-13)11-16-10-9-12-5-4-6-12/h12-13H,1-11H2. The molecule has 2 aliphatic rings. The number of hydrogen-bond acceptors (Lipinski definition) is 2. The lowest BCUT2D eigenvalue weighted by Crippen LogP contribution is -2.23. The van der Waals surface area contributed by atoms with Crippen molar-refractivity contribution >= 4 is 5.78 Å². The second-order valence-electron chi connectivity index (χ2n) is 5.44. The van der Waals surface area contributed by atoms with Crippen molar-refractivity contribution in [3.63, 3.8) is 0 Å². The van der Waals surface area contributed by atoms with Crippen LogP contribution in [0.5, 0.6) is 0 Å². The van der Waals surface area contributed by atoms with Crippen LogP contribution in [0.1, 0.15) is 57.8 Å². The van der Waals surface area contributed by atoms with E-state index in [-0.39, 0.29) is 0 Å². The first-order valence-electron chi connectivity index (χ1n) is 6.96. The smallest absolute Gasteiger partial charge is 0.161 e. The molecular weight excluding hydrogens is 200 g/mol. The molecule has 0 amide bonds. The van der Waals surface area contributed by atoms with Crippen LogP contribution >= 0.6 is 0 Å². The van der Waals surface area contributed by atoms with E-state index in [9.17, 15) is 4.79 Å². The van der Waals surface area contributed by atoms with Crippen LogP contribution in [0.3, 0.4) is 0 Å². The van der Waals surface area contributed by atoms with E-state index in [4.69, 9.17) is 4.74 Å². The molecule has 0 unspecified atom stereocenters. The molecule has 0 aliphatic heterocycles. The maximum absolute atomic E-state index is 11.8. The largest absolute Gasteiger partial charge is 0.374 e. The Morgan fingerprint density at radius 1 is 1.00 bits per heavy atom. The van der Waals surface area contributed by atoms with Gasteiger partial charge in [-0.1, -0.05) is 38.5 Å². The number of hydrogen-bond donors (Lipinski definition) is 0. The van der Waals surface area contributed by atoms with E-state index in [1.54, 1.807) is 0 Å². The highest BCUT2D eigenvalue weighted by molar-refractivity contribution is 5.82. The van der Waals surface area contributed by atoms with Gasteiger partial charge in [0.15, 0.2) is 5.78 Å². The van der Waals surface area contributed by atoms with Crippen molar-refractivity contribution in [2.75, 3.05) is 13.2 Å². The molecule has 0 spiro atoms. The van der Waals surface area contributed by atoms with Crippen molar-refractivity contribution in [2.45, 2.75) is 57.8 Å². The minimum atomic E-state index is 0.317. The first-order chi connectivity index (χ1) is 7.86. The SMILES string of the molecule is O=C(COCCC1CCC1)C1CCCCC1. The predicted octanol–water partition coefficient (Wildman–Crippen LogP) is 3.34. The second-order valence-corrected chi connectivity index (χ2v) is 5.44. The van der Waals surface area contributed by atoms with E-state index in [1.807, 2.05) is 0 Å². The third kappa shape index (κ3) is 3.58. The molecule has 0 radical (unpaired) electrons. The molecule has 2 saturated carbocycles. The van der Waals surface area contributed by atoms with E-state index >= 15 is 0 Å². The third-order valence-electron chi connectivity index (χ3n) is 4.20. The summed E-state index contributed by atoms with van der Waals surface area (Å²) in [5.74, 6) is 1.57. The molecule has 92 valence electrons. The van der Waals surface area contributed by atoms with Crippen molar-refractivity contribution in [1.82, 2.24) is 0 Å². The van der Waals surface area contributed by atoms with Gasteiger partial charge in [-0.15, -0.1) is 0 Å². The highest BCUT2D eigenvalue weighted by atomic mass is 16.5. The van der Waals surface area contributed by atoms with E-state index in [0.717, 1.165) is 31.8 Å². The van der Waals surface area contributed by atoms with Crippen molar-refractivity contribution in [2.24, 2.45) is 11.8 Å². The first kappa shape index (κ1) is 12.1. The lowest BCUT2D eigenvalue weighted by atomic mass is 9.83. The molecule has 2 rings (SSSR count). The topological polar surface area (TPSA) is 26.3 Å². The number of carbonyl (C=O) groups is 1. The Labute approximate surface area is 98.7 Å². The summed E-state index contributed by atoms with van der Waals surface area (Å²) in [6.07, 6.45) is 11.3. The Hall–Kier alpha value is -0.370. The van der Waals surface area contributed by atoms with Crippen molar-refractivity contribution in [1.29, 1.82) is 0 Å². The molecule has 0 aromatic carbocycles. The van der Waals surface area contributed by atoms with Gasteiger partial charge in [-0.05, 0) is 25.2 Å². The number of carbonyl (C=O) groups excluding carboxylic acids is 1. The van der Waals surface area contributed by atoms with E-state index in [2.05, 4.69) is 0 Å². The van der Waals surface area contributed by atoms with Crippen LogP contribution in [-0.2, 0) is 9.53 Å². The fourth-order valence-corrected chi connectivity index (χ4v) is 2.75. The molecule has 2 fully saturated rings. The monoisotopic (exact) mass is 224 g/mol. The van der Waals surface area contributed by atoms with Gasteiger partial charge in [-0.3, -0.25) is 4.79 Å². The quantitative estimate of drug-likeness (QED) is 0.647. The van der Waals surface area contributed by atoms with Gasteiger partial charge in [0.25, 0.3) is 0 Å². The summed E-state index contributed by atoms with van der Waals surface area (Å²) in [6.45, 7) is 1.17. The van der Waals surface area contributed by atoms with Gasteiger partial charge in [0, 0.05) is 12.5 Å². The molecule has 16 heavy (non-hydrogen) atoms. The molecule has 0 aromatic rings. The number of ether oxygens (including phenoxy) is 1. The molecule has 0 N–H and O–H groups in total. The van der Waals surface area contributed by atoms with Crippen molar-refractivity contribution < 1.29 is 9.53 Å². The van der Waals surface area contributed by atoms with E-state index in [0.29, 0.717) is 18.3 Å². The third-order valence-corrected chi connectivity index (χ3v) is 4.20. The van der Waals surface area contributed by atoms with Crippen LogP contribution in [0.25, 0.3) is 0 Å². The zero-order valence-corrected chi connectivity index (χ0v) is 10.2. The highest BCUT2D eigenvalue weighted by Crippen LogP contribution is 2.29. The zero-order valence-electron chi connectivity index (χ0n) is 10.2. The summed E-state index contributed by atoms with van der Waals surface area (Å²) in [7, 11) is 0. The Morgan fingerprint density at radius 3 is 2.38 bits per heavy atom. The summed E-state index contributed by atoms with van der Waals surface area (Å²) in [5.41, 5.74) is 0. The average molecular weight is 224 g/mol. The minimum Gasteiger partial charge on any atom is -0.374 e. The molecule has 0 atom stereocenters. The fourth-order valence-electron chi connectivity index (χ4n) is 2.75. The van der Waals surface area contributed by atoms with Gasteiger partial charge in [-0.2, -0.15) is 0 Å². The van der Waals surface area contributed by atoms with Crippen LogP contribution in [-0.4, -0.2) is 19.0 Å². The Balaban J connectivity index is 1.52. The molecular formula is C14H24O2. The Kier molecular flexibility index (Phi) is 4.83. The minimum absolute atomic E-state index is 0.317. The summed E-state index contributed by atoms with van der Waals surface area (Å²) in [6, 6.07) is 0. The number of ketones is 1. The second kappa shape index (κ2) is 6.39. The average Bonchev–Trinajstić information content (AvgIpc) is 2.27. The molecule has 2 aliphatic carbocycles. The van der Waals surface area contributed by atoms with Crippen molar-refractivity contribution in [3.8, 4) is 0 Å². The summed E-state index contributed by atoms with van der Waals surface area (Å²) >= 11 is 0. The van der Waals surface area contributed by atoms with Gasteiger partial charge in [0.1, 0.15) is 6.61 Å². The predicted molar refractivity (Wildman–Crippen MR) is 64.4 cm³/mol. The molecule has 2 heteroatoms. The maximum atomic E-state index is 11.8. The van der Waals surface area contributed by atoms with Crippen LogP contribution in [0, 0.1) is 11.8 Å². The molecule has 0 aromatic heterocycles. The molecule has 0 heterocycles. The Morgan fingerprint density at radius 2 is 1.75 bits per heavy atom. The lowest BCUT2D eigenvalue weighted by molar-refractivity contribution is -0.128. The number of rotatable bonds is 6. The number of Topliss-reactive ketones (excluding diaryl/α,β-unsaturated/α-hetero) is 1. The first-order valence-corrected chi connectivity index (χ1v) is 6.96. The van der Waals surface area contributed by atoms with Crippen molar-refractivity contribution in [3.05, 3.63) is 0 Å². The Bertz CT molecular complexity index is 215. The van der Waals surface area contributed by atoms with Crippen LogP contribution < -0.4 is 0 Å². The maximum Gasteiger partial charge on any atom is 0.161 e. The van der Waals surface area contributed by atoms with Gasteiger partial charge in [0.2, 0.25) is 0 Å². The van der Waals surface area contributed by atoms with Crippen LogP contribution in [0.4, 0.5) is 0 Å². The van der Waals surface area contributed by atoms with Crippen LogP contribution in [0.2, 0.25) is 0 Å². The van der Waals surface area contributed by atoms with Gasteiger partial charge in [0.05, 0.1) is 0 Å². The van der Waals surface area contributed by atoms with Gasteiger partial charge in [-0.25, -0.2) is 0 Å². The van der Waals surface area contributed by atoms with Gasteiger partial charge < -0.3 is 4.74 Å². The van der Waals surface area contributed by atoms with E-state index in [1.165, 1.54) is 38.5 Å². The summed E-state index contributed by atoms with van der Waals surface area (Å²) < 4.78 is 5.51. The zero-order chi connectivity index (χ0) is 11.2. The van der Waals surface area contributed by atoms with Gasteiger partial charge >= 0.3 is 0 Å².